The average molecular weight is 243 g/mol. The predicted molar refractivity (Wildman–Crippen MR) is 72.5 cm³/mol. The van der Waals surface area contributed by atoms with E-state index < -0.39 is 5.97 Å². The molecule has 0 aliphatic carbocycles. The molecule has 0 spiro atoms. The molecule has 0 aliphatic heterocycles. The third-order valence-electron chi connectivity index (χ3n) is 2.34. The van der Waals surface area contributed by atoms with Gasteiger partial charge in [0.1, 0.15) is 6.61 Å². The van der Waals surface area contributed by atoms with Crippen molar-refractivity contribution in [2.24, 2.45) is 5.73 Å². The van der Waals surface area contributed by atoms with Gasteiger partial charge in [0.2, 0.25) is 0 Å². The van der Waals surface area contributed by atoms with Gasteiger partial charge >= 0.3 is 5.97 Å². The summed E-state index contributed by atoms with van der Waals surface area (Å²) in [5.41, 5.74) is 7.36. The monoisotopic (exact) mass is 243 g/mol. The zero-order chi connectivity index (χ0) is 13.4. The summed E-state index contributed by atoms with van der Waals surface area (Å²) in [6, 6.07) is 9.48. The molecule has 0 unspecified atom stereocenters. The lowest BCUT2D eigenvalue weighted by atomic mass is 10.1. The molecule has 1 aromatic carbocycles. The quantitative estimate of drug-likeness (QED) is 0.491. The molecule has 0 bridgehead atoms. The Morgan fingerprint density at radius 2 is 2.06 bits per heavy atom. The highest BCUT2D eigenvalue weighted by atomic mass is 16.5. The number of rotatable bonds is 5. The second-order valence-corrected chi connectivity index (χ2v) is 3.62. The first-order valence-electron chi connectivity index (χ1n) is 5.65. The maximum atomic E-state index is 11.8. The highest BCUT2D eigenvalue weighted by Crippen LogP contribution is 2.09. The van der Waals surface area contributed by atoms with E-state index in [4.69, 9.17) is 10.5 Å². The smallest absolute Gasteiger partial charge is 0.340 e. The van der Waals surface area contributed by atoms with Crippen molar-refractivity contribution in [3.63, 3.8) is 0 Å². The average Bonchev–Trinajstić information content (AvgIpc) is 2.42. The van der Waals surface area contributed by atoms with E-state index in [1.807, 2.05) is 30.3 Å². The van der Waals surface area contributed by atoms with Crippen molar-refractivity contribution in [3.8, 4) is 0 Å². The fraction of sp³-hybridized carbons (Fsp3) is 0.133. The summed E-state index contributed by atoms with van der Waals surface area (Å²) >= 11 is 0. The third kappa shape index (κ3) is 3.94. The van der Waals surface area contributed by atoms with Gasteiger partial charge in [0, 0.05) is 5.70 Å². The van der Waals surface area contributed by atoms with Gasteiger partial charge in [0.15, 0.2) is 0 Å². The molecule has 0 saturated carbocycles. The summed E-state index contributed by atoms with van der Waals surface area (Å²) in [7, 11) is 0. The summed E-state index contributed by atoms with van der Waals surface area (Å²) < 4.78 is 5.19. The first-order valence-corrected chi connectivity index (χ1v) is 5.65. The van der Waals surface area contributed by atoms with Crippen molar-refractivity contribution >= 4 is 5.97 Å². The Morgan fingerprint density at radius 3 is 2.61 bits per heavy atom. The molecule has 0 amide bonds. The van der Waals surface area contributed by atoms with Crippen LogP contribution in [0.2, 0.25) is 0 Å². The maximum absolute atomic E-state index is 11.8. The number of hydrogen-bond acceptors (Lipinski definition) is 3. The van der Waals surface area contributed by atoms with Crippen molar-refractivity contribution in [2.45, 2.75) is 13.5 Å². The Hall–Kier alpha value is -2.29. The van der Waals surface area contributed by atoms with Crippen LogP contribution in [0.25, 0.3) is 0 Å². The van der Waals surface area contributed by atoms with Crippen molar-refractivity contribution in [3.05, 3.63) is 72.0 Å². The Kier molecular flexibility index (Phi) is 5.45. The molecule has 0 atom stereocenters. The van der Waals surface area contributed by atoms with Gasteiger partial charge in [-0.25, -0.2) is 4.79 Å². The van der Waals surface area contributed by atoms with Crippen LogP contribution in [-0.4, -0.2) is 5.97 Å². The summed E-state index contributed by atoms with van der Waals surface area (Å²) in [5.74, 6) is -0.450. The number of carbonyl (C=O) groups excluding carboxylic acids is 1. The van der Waals surface area contributed by atoms with Crippen molar-refractivity contribution < 1.29 is 9.53 Å². The van der Waals surface area contributed by atoms with E-state index >= 15 is 0 Å². The van der Waals surface area contributed by atoms with E-state index in [9.17, 15) is 4.79 Å². The lowest BCUT2D eigenvalue weighted by molar-refractivity contribution is -0.140. The Labute approximate surface area is 107 Å². The maximum Gasteiger partial charge on any atom is 0.340 e. The molecule has 0 aliphatic rings. The van der Waals surface area contributed by atoms with Crippen molar-refractivity contribution in [2.75, 3.05) is 0 Å². The van der Waals surface area contributed by atoms with E-state index in [0.29, 0.717) is 11.3 Å². The van der Waals surface area contributed by atoms with Gasteiger partial charge in [0.05, 0.1) is 5.57 Å². The third-order valence-corrected chi connectivity index (χ3v) is 2.34. The van der Waals surface area contributed by atoms with Gasteiger partial charge in [-0.15, -0.1) is 0 Å². The number of allylic oxidation sites excluding steroid dienone is 3. The summed E-state index contributed by atoms with van der Waals surface area (Å²) in [6.45, 7) is 5.54. The van der Waals surface area contributed by atoms with Gasteiger partial charge in [-0.3, -0.25) is 0 Å². The van der Waals surface area contributed by atoms with Gasteiger partial charge in [0.25, 0.3) is 0 Å². The zero-order valence-corrected chi connectivity index (χ0v) is 10.4. The summed E-state index contributed by atoms with van der Waals surface area (Å²) in [6.07, 6.45) is 4.71. The van der Waals surface area contributed by atoms with Gasteiger partial charge < -0.3 is 10.5 Å². The first kappa shape index (κ1) is 13.8. The van der Waals surface area contributed by atoms with Crippen LogP contribution in [-0.2, 0) is 16.1 Å². The molecule has 3 heteroatoms. The molecule has 0 saturated heterocycles. The minimum Gasteiger partial charge on any atom is -0.457 e. The fourth-order valence-electron chi connectivity index (χ4n) is 1.36. The van der Waals surface area contributed by atoms with Crippen LogP contribution in [0.1, 0.15) is 12.5 Å². The second-order valence-electron chi connectivity index (χ2n) is 3.62. The SMILES string of the molecule is C=C/C=C(C(=O)OCc1ccccc1)\C(N)=C/C. The second kappa shape index (κ2) is 7.12. The standard InChI is InChI=1S/C15H17NO2/c1-3-8-13(14(16)4-2)15(17)18-11-12-9-6-5-7-10-12/h3-10H,1,11,16H2,2H3/b13-8+,14-4+. The molecule has 1 rings (SSSR count). The lowest BCUT2D eigenvalue weighted by Gasteiger charge is -2.08. The summed E-state index contributed by atoms with van der Waals surface area (Å²) in [5, 5.41) is 0. The molecule has 0 heterocycles. The zero-order valence-electron chi connectivity index (χ0n) is 10.4. The molecular formula is C15H17NO2. The van der Waals surface area contributed by atoms with Crippen LogP contribution in [0.5, 0.6) is 0 Å². The van der Waals surface area contributed by atoms with E-state index in [1.54, 1.807) is 19.1 Å². The van der Waals surface area contributed by atoms with Gasteiger partial charge in [-0.05, 0) is 18.6 Å². The number of hydrogen-bond donors (Lipinski definition) is 1. The minimum absolute atomic E-state index is 0.227. The molecule has 94 valence electrons. The Bertz CT molecular complexity index is 473. The molecule has 2 N–H and O–H groups in total. The number of ether oxygens (including phenoxy) is 1. The number of nitrogens with two attached hydrogens (primary N) is 1. The van der Waals surface area contributed by atoms with Gasteiger partial charge in [-0.1, -0.05) is 49.1 Å². The fourth-order valence-corrected chi connectivity index (χ4v) is 1.36. The van der Waals surface area contributed by atoms with Crippen LogP contribution in [0.4, 0.5) is 0 Å². The molecular weight excluding hydrogens is 226 g/mol. The molecule has 0 aromatic heterocycles. The molecule has 0 fully saturated rings. The molecule has 18 heavy (non-hydrogen) atoms. The summed E-state index contributed by atoms with van der Waals surface area (Å²) in [4.78, 5) is 11.8. The largest absolute Gasteiger partial charge is 0.457 e. The Balaban J connectivity index is 2.69. The normalized spacial score (nSPS) is 12.1. The van der Waals surface area contributed by atoms with E-state index in [-0.39, 0.29) is 6.61 Å². The number of carbonyl (C=O) groups is 1. The van der Waals surface area contributed by atoms with E-state index in [0.717, 1.165) is 5.56 Å². The Morgan fingerprint density at radius 1 is 1.39 bits per heavy atom. The molecule has 0 radical (unpaired) electrons. The van der Waals surface area contributed by atoms with Crippen molar-refractivity contribution in [1.82, 2.24) is 0 Å². The number of benzene rings is 1. The van der Waals surface area contributed by atoms with Gasteiger partial charge in [-0.2, -0.15) is 0 Å². The van der Waals surface area contributed by atoms with Crippen LogP contribution in [0, 0.1) is 0 Å². The lowest BCUT2D eigenvalue weighted by Crippen LogP contribution is -2.14. The highest BCUT2D eigenvalue weighted by Gasteiger charge is 2.12. The van der Waals surface area contributed by atoms with Crippen LogP contribution in [0.3, 0.4) is 0 Å². The topological polar surface area (TPSA) is 52.3 Å². The van der Waals surface area contributed by atoms with E-state index in [1.165, 1.54) is 6.08 Å². The first-order chi connectivity index (χ1) is 8.69. The highest BCUT2D eigenvalue weighted by molar-refractivity contribution is 5.93. The molecule has 3 nitrogen and oxygen atoms in total. The number of esters is 1. The van der Waals surface area contributed by atoms with Crippen molar-refractivity contribution in [1.29, 1.82) is 0 Å². The van der Waals surface area contributed by atoms with Crippen LogP contribution < -0.4 is 5.73 Å². The minimum atomic E-state index is -0.450. The van der Waals surface area contributed by atoms with Crippen LogP contribution >= 0.6 is 0 Å². The predicted octanol–water partition coefficient (Wildman–Crippen LogP) is 2.70. The van der Waals surface area contributed by atoms with E-state index in [2.05, 4.69) is 6.58 Å². The molecule has 1 aromatic rings. The van der Waals surface area contributed by atoms with Crippen LogP contribution in [0.15, 0.2) is 66.4 Å².